The summed E-state index contributed by atoms with van der Waals surface area (Å²) in [5.74, 6) is 0.183. The Morgan fingerprint density at radius 3 is 2.71 bits per heavy atom. The molecule has 2 aromatic carbocycles. The molecule has 0 bridgehead atoms. The number of hydrogen-bond acceptors (Lipinski definition) is 4. The highest BCUT2D eigenvalue weighted by Crippen LogP contribution is 2.36. The first-order valence-corrected chi connectivity index (χ1v) is 10.2. The average molecular weight is 389 g/mol. The molecule has 1 amide bonds. The maximum atomic E-state index is 13.2. The molecule has 4 aromatic rings. The molecule has 140 valence electrons. The highest BCUT2D eigenvalue weighted by atomic mass is 32.1. The number of ketones is 1. The summed E-state index contributed by atoms with van der Waals surface area (Å²) in [6.07, 6.45) is 0.964. The number of carbonyl (C=O) groups excluding carboxylic acids is 2. The molecule has 28 heavy (non-hydrogen) atoms. The molecular formula is C23H19NO3S. The van der Waals surface area contributed by atoms with E-state index in [1.165, 1.54) is 4.70 Å². The smallest absolute Gasteiger partial charge is 0.227 e. The van der Waals surface area contributed by atoms with Crippen LogP contribution in [0.1, 0.15) is 29.5 Å². The Morgan fingerprint density at radius 1 is 1.14 bits per heavy atom. The molecule has 0 saturated carbocycles. The third-order valence-corrected chi connectivity index (χ3v) is 6.77. The third-order valence-electron chi connectivity index (χ3n) is 5.76. The monoisotopic (exact) mass is 389 g/mol. The van der Waals surface area contributed by atoms with E-state index in [1.54, 1.807) is 22.3 Å². The topological polar surface area (TPSA) is 50.5 Å². The van der Waals surface area contributed by atoms with E-state index in [4.69, 9.17) is 4.42 Å². The zero-order valence-electron chi connectivity index (χ0n) is 15.5. The zero-order valence-corrected chi connectivity index (χ0v) is 16.3. The molecule has 3 heterocycles. The van der Waals surface area contributed by atoms with Crippen LogP contribution < -0.4 is 0 Å². The van der Waals surface area contributed by atoms with Gasteiger partial charge in [0.15, 0.2) is 5.76 Å². The number of likely N-dealkylation sites (tertiary alicyclic amines) is 1. The minimum absolute atomic E-state index is 0.0123. The Kier molecular flexibility index (Phi) is 3.88. The SMILES string of the molecule is CC1(C(=O)c2cc3ccccc3o2)CCN1C(=O)Cc1csc2ccccc12. The molecule has 1 aliphatic rings. The molecule has 1 atom stereocenters. The van der Waals surface area contributed by atoms with Crippen LogP contribution in [0.25, 0.3) is 21.1 Å². The fraction of sp³-hybridized carbons (Fsp3) is 0.217. The molecule has 1 fully saturated rings. The van der Waals surface area contributed by atoms with Gasteiger partial charge in [0.05, 0.1) is 6.42 Å². The molecule has 5 heteroatoms. The van der Waals surface area contributed by atoms with E-state index in [2.05, 4.69) is 6.07 Å². The van der Waals surface area contributed by atoms with Crippen molar-refractivity contribution in [1.29, 1.82) is 0 Å². The van der Waals surface area contributed by atoms with Crippen LogP contribution in [0.4, 0.5) is 0 Å². The molecule has 5 rings (SSSR count). The van der Waals surface area contributed by atoms with Gasteiger partial charge in [-0.25, -0.2) is 0 Å². The standard InChI is InChI=1S/C23H19NO3S/c1-23(22(26)19-12-15-6-2-4-8-18(15)27-19)10-11-24(23)21(25)13-16-14-28-20-9-5-3-7-17(16)20/h2-9,12,14H,10-11,13H2,1H3. The lowest BCUT2D eigenvalue weighted by Crippen LogP contribution is -2.64. The summed E-state index contributed by atoms with van der Waals surface area (Å²) >= 11 is 1.65. The average Bonchev–Trinajstić information content (AvgIpc) is 3.30. The summed E-state index contributed by atoms with van der Waals surface area (Å²) < 4.78 is 6.93. The zero-order chi connectivity index (χ0) is 19.3. The van der Waals surface area contributed by atoms with Gasteiger partial charge in [0.1, 0.15) is 11.1 Å². The molecule has 1 aliphatic heterocycles. The van der Waals surface area contributed by atoms with Gasteiger partial charge in [-0.3, -0.25) is 9.59 Å². The van der Waals surface area contributed by atoms with Gasteiger partial charge in [-0.1, -0.05) is 36.4 Å². The van der Waals surface area contributed by atoms with Gasteiger partial charge in [-0.15, -0.1) is 11.3 Å². The van der Waals surface area contributed by atoms with Crippen LogP contribution in [0.5, 0.6) is 0 Å². The van der Waals surface area contributed by atoms with E-state index in [9.17, 15) is 9.59 Å². The first-order valence-electron chi connectivity index (χ1n) is 9.35. The van der Waals surface area contributed by atoms with Crippen molar-refractivity contribution in [3.05, 3.63) is 71.3 Å². The van der Waals surface area contributed by atoms with Crippen LogP contribution >= 0.6 is 11.3 Å². The third kappa shape index (κ3) is 2.58. The summed E-state index contributed by atoms with van der Waals surface area (Å²) in [6, 6.07) is 17.4. The van der Waals surface area contributed by atoms with Crippen molar-refractivity contribution in [1.82, 2.24) is 4.90 Å². The predicted octanol–water partition coefficient (Wildman–Crippen LogP) is 5.06. The fourth-order valence-corrected chi connectivity index (χ4v) is 4.95. The minimum atomic E-state index is -0.837. The van der Waals surface area contributed by atoms with Crippen molar-refractivity contribution in [3.8, 4) is 0 Å². The van der Waals surface area contributed by atoms with E-state index in [0.717, 1.165) is 16.3 Å². The normalized spacial score (nSPS) is 19.1. The molecule has 0 spiro atoms. The molecule has 0 radical (unpaired) electrons. The maximum Gasteiger partial charge on any atom is 0.227 e. The van der Waals surface area contributed by atoms with Crippen molar-refractivity contribution in [2.75, 3.05) is 6.54 Å². The number of Topliss-reactive ketones (excluding diaryl/α,β-unsaturated/α-hetero) is 1. The summed E-state index contributed by atoms with van der Waals surface area (Å²) in [4.78, 5) is 27.9. The number of benzene rings is 2. The highest BCUT2D eigenvalue weighted by molar-refractivity contribution is 7.17. The lowest BCUT2D eigenvalue weighted by molar-refractivity contribution is -0.142. The molecule has 4 nitrogen and oxygen atoms in total. The maximum absolute atomic E-state index is 13.2. The number of fused-ring (bicyclic) bond motifs is 2. The number of rotatable bonds is 4. The van der Waals surface area contributed by atoms with Gasteiger partial charge in [0.2, 0.25) is 11.7 Å². The van der Waals surface area contributed by atoms with Crippen LogP contribution in [-0.2, 0) is 11.2 Å². The fourth-order valence-electron chi connectivity index (χ4n) is 3.98. The Balaban J connectivity index is 1.39. The van der Waals surface area contributed by atoms with E-state index in [-0.39, 0.29) is 11.7 Å². The quantitative estimate of drug-likeness (QED) is 0.458. The molecule has 0 aliphatic carbocycles. The van der Waals surface area contributed by atoms with E-state index in [1.807, 2.05) is 54.8 Å². The van der Waals surface area contributed by atoms with Crippen molar-refractivity contribution in [2.24, 2.45) is 0 Å². The number of hydrogen-bond donors (Lipinski definition) is 0. The summed E-state index contributed by atoms with van der Waals surface area (Å²) in [5, 5.41) is 4.06. The second-order valence-electron chi connectivity index (χ2n) is 7.48. The number of furan rings is 1. The van der Waals surface area contributed by atoms with E-state index < -0.39 is 5.54 Å². The lowest BCUT2D eigenvalue weighted by Gasteiger charge is -2.49. The van der Waals surface area contributed by atoms with Crippen LogP contribution in [0, 0.1) is 0 Å². The van der Waals surface area contributed by atoms with Crippen LogP contribution in [0.15, 0.2) is 64.4 Å². The van der Waals surface area contributed by atoms with Gasteiger partial charge in [-0.2, -0.15) is 0 Å². The molecule has 2 aromatic heterocycles. The first kappa shape index (κ1) is 17.2. The van der Waals surface area contributed by atoms with Crippen LogP contribution in [0.3, 0.4) is 0 Å². The largest absolute Gasteiger partial charge is 0.453 e. The molecule has 0 N–H and O–H groups in total. The minimum Gasteiger partial charge on any atom is -0.453 e. The van der Waals surface area contributed by atoms with Gasteiger partial charge >= 0.3 is 0 Å². The predicted molar refractivity (Wildman–Crippen MR) is 111 cm³/mol. The number of amides is 1. The molecular weight excluding hydrogens is 370 g/mol. The van der Waals surface area contributed by atoms with Gasteiger partial charge in [0.25, 0.3) is 0 Å². The Hall–Kier alpha value is -2.92. The van der Waals surface area contributed by atoms with E-state index >= 15 is 0 Å². The van der Waals surface area contributed by atoms with Crippen molar-refractivity contribution in [2.45, 2.75) is 25.3 Å². The first-order chi connectivity index (χ1) is 13.6. The number of para-hydroxylation sites is 1. The molecule has 1 unspecified atom stereocenters. The van der Waals surface area contributed by atoms with Crippen molar-refractivity contribution >= 4 is 44.1 Å². The second kappa shape index (κ2) is 6.31. The van der Waals surface area contributed by atoms with Gasteiger partial charge in [0, 0.05) is 16.6 Å². The van der Waals surface area contributed by atoms with Gasteiger partial charge < -0.3 is 9.32 Å². The highest BCUT2D eigenvalue weighted by Gasteiger charge is 2.50. The second-order valence-corrected chi connectivity index (χ2v) is 8.39. The Labute approximate surface area is 166 Å². The lowest BCUT2D eigenvalue weighted by atomic mass is 9.81. The summed E-state index contributed by atoms with van der Waals surface area (Å²) in [5.41, 5.74) is 0.879. The van der Waals surface area contributed by atoms with Crippen molar-refractivity contribution < 1.29 is 14.0 Å². The number of carbonyl (C=O) groups is 2. The van der Waals surface area contributed by atoms with E-state index in [0.29, 0.717) is 30.7 Å². The summed E-state index contributed by atoms with van der Waals surface area (Å²) in [6.45, 7) is 2.44. The Morgan fingerprint density at radius 2 is 1.93 bits per heavy atom. The van der Waals surface area contributed by atoms with Gasteiger partial charge in [-0.05, 0) is 47.9 Å². The number of nitrogens with zero attached hydrogens (tertiary/aromatic N) is 1. The van der Waals surface area contributed by atoms with Crippen molar-refractivity contribution in [3.63, 3.8) is 0 Å². The number of thiophene rings is 1. The summed E-state index contributed by atoms with van der Waals surface area (Å²) in [7, 11) is 0. The molecule has 1 saturated heterocycles. The van der Waals surface area contributed by atoms with Crippen LogP contribution in [0.2, 0.25) is 0 Å². The van der Waals surface area contributed by atoms with Crippen LogP contribution in [-0.4, -0.2) is 28.7 Å². The Bertz CT molecular complexity index is 1190.